The molecule has 0 unspecified atom stereocenters. The van der Waals surface area contributed by atoms with Crippen LogP contribution in [0, 0.1) is 0 Å². The Morgan fingerprint density at radius 3 is 1.93 bits per heavy atom. The Hall–Kier alpha value is -3.40. The smallest absolute Gasteiger partial charge is 0.258 e. The molecule has 0 fully saturated rings. The van der Waals surface area contributed by atoms with Gasteiger partial charge in [-0.25, -0.2) is 0 Å². The van der Waals surface area contributed by atoms with Gasteiger partial charge in [-0.15, -0.1) is 0 Å². The fraction of sp³-hybridized carbons (Fsp3) is 0.130. The largest absolute Gasteiger partial charge is 0.348 e. The molecule has 0 atom stereocenters. The van der Waals surface area contributed by atoms with Crippen molar-refractivity contribution in [3.05, 3.63) is 102 Å². The normalized spacial score (nSPS) is 10.3. The topological polar surface area (TPSA) is 49.4 Å². The van der Waals surface area contributed by atoms with E-state index in [4.69, 9.17) is 0 Å². The number of hydrogen-bond donors (Lipinski definition) is 1. The minimum absolute atomic E-state index is 0.0834. The number of nitrogens with one attached hydrogen (secondary N) is 1. The second-order valence-electron chi connectivity index (χ2n) is 6.13. The van der Waals surface area contributed by atoms with Gasteiger partial charge >= 0.3 is 0 Å². The van der Waals surface area contributed by atoms with Crippen LogP contribution in [0.2, 0.25) is 0 Å². The van der Waals surface area contributed by atoms with Crippen LogP contribution in [0.4, 0.5) is 5.69 Å². The van der Waals surface area contributed by atoms with Crippen LogP contribution in [0.25, 0.3) is 0 Å². The first-order valence-corrected chi connectivity index (χ1v) is 8.98. The van der Waals surface area contributed by atoms with Crippen molar-refractivity contribution in [1.29, 1.82) is 0 Å². The van der Waals surface area contributed by atoms with E-state index < -0.39 is 0 Å². The molecule has 0 saturated carbocycles. The molecule has 0 radical (unpaired) electrons. The molecule has 0 aliphatic carbocycles. The predicted octanol–water partition coefficient (Wildman–Crippen LogP) is 4.28. The number of rotatable bonds is 6. The summed E-state index contributed by atoms with van der Waals surface area (Å²) >= 11 is 0. The van der Waals surface area contributed by atoms with Crippen LogP contribution in [-0.4, -0.2) is 18.4 Å². The lowest BCUT2D eigenvalue weighted by Crippen LogP contribution is -2.30. The highest BCUT2D eigenvalue weighted by molar-refractivity contribution is 6.06. The van der Waals surface area contributed by atoms with Crippen LogP contribution in [-0.2, 0) is 6.54 Å². The van der Waals surface area contributed by atoms with Crippen molar-refractivity contribution in [2.75, 3.05) is 11.4 Å². The highest BCUT2D eigenvalue weighted by Gasteiger charge is 2.16. The van der Waals surface area contributed by atoms with Gasteiger partial charge in [0.1, 0.15) is 0 Å². The zero-order valence-electron chi connectivity index (χ0n) is 15.3. The molecule has 0 spiro atoms. The van der Waals surface area contributed by atoms with E-state index in [0.29, 0.717) is 24.2 Å². The maximum Gasteiger partial charge on any atom is 0.258 e. The van der Waals surface area contributed by atoms with Gasteiger partial charge in [-0.2, -0.15) is 0 Å². The first-order valence-electron chi connectivity index (χ1n) is 8.98. The summed E-state index contributed by atoms with van der Waals surface area (Å²) in [7, 11) is 0. The number of carbonyl (C=O) groups excluding carboxylic acids is 2. The van der Waals surface area contributed by atoms with Gasteiger partial charge in [-0.3, -0.25) is 9.59 Å². The zero-order chi connectivity index (χ0) is 19.1. The minimum atomic E-state index is -0.159. The van der Waals surface area contributed by atoms with E-state index in [0.717, 1.165) is 11.3 Å². The number of benzene rings is 3. The summed E-state index contributed by atoms with van der Waals surface area (Å²) in [5, 5.41) is 2.89. The Bertz CT molecular complexity index is 891. The van der Waals surface area contributed by atoms with Gasteiger partial charge in [0.25, 0.3) is 11.8 Å². The molecule has 0 aliphatic heterocycles. The third-order valence-corrected chi connectivity index (χ3v) is 4.32. The standard InChI is InChI=1S/C23H22N2O2/c1-2-25(21-11-7-4-8-12-21)23(27)20-15-13-19(14-16-20)22(26)24-17-18-9-5-3-6-10-18/h3-16H,2,17H2,1H3,(H,24,26). The lowest BCUT2D eigenvalue weighted by Gasteiger charge is -2.21. The summed E-state index contributed by atoms with van der Waals surface area (Å²) < 4.78 is 0. The SMILES string of the molecule is CCN(C(=O)c1ccc(C(=O)NCc2ccccc2)cc1)c1ccccc1. The van der Waals surface area contributed by atoms with Crippen molar-refractivity contribution in [1.82, 2.24) is 5.32 Å². The van der Waals surface area contributed by atoms with E-state index in [1.54, 1.807) is 29.2 Å². The highest BCUT2D eigenvalue weighted by atomic mass is 16.2. The molecule has 0 heterocycles. The van der Waals surface area contributed by atoms with Crippen LogP contribution in [0.15, 0.2) is 84.9 Å². The number of carbonyl (C=O) groups is 2. The van der Waals surface area contributed by atoms with Gasteiger partial charge < -0.3 is 10.2 Å². The molecule has 2 amide bonds. The average molecular weight is 358 g/mol. The molecule has 1 N–H and O–H groups in total. The summed E-state index contributed by atoms with van der Waals surface area (Å²) in [5.74, 6) is -0.242. The monoisotopic (exact) mass is 358 g/mol. The van der Waals surface area contributed by atoms with Gasteiger partial charge in [0.2, 0.25) is 0 Å². The predicted molar refractivity (Wildman–Crippen MR) is 108 cm³/mol. The molecule has 3 aromatic rings. The van der Waals surface area contributed by atoms with Gasteiger partial charge in [0.15, 0.2) is 0 Å². The average Bonchev–Trinajstić information content (AvgIpc) is 2.74. The number of amides is 2. The van der Waals surface area contributed by atoms with Crippen LogP contribution in [0.1, 0.15) is 33.2 Å². The molecule has 4 nitrogen and oxygen atoms in total. The number of nitrogens with zero attached hydrogens (tertiary/aromatic N) is 1. The Kier molecular flexibility index (Phi) is 6.00. The van der Waals surface area contributed by atoms with Gasteiger partial charge in [0.05, 0.1) is 0 Å². The molecule has 27 heavy (non-hydrogen) atoms. The fourth-order valence-corrected chi connectivity index (χ4v) is 2.85. The Morgan fingerprint density at radius 2 is 1.33 bits per heavy atom. The zero-order valence-corrected chi connectivity index (χ0v) is 15.3. The number of hydrogen-bond acceptors (Lipinski definition) is 2. The molecule has 0 aromatic heterocycles. The molecule has 0 saturated heterocycles. The van der Waals surface area contributed by atoms with Crippen molar-refractivity contribution in [2.24, 2.45) is 0 Å². The van der Waals surface area contributed by atoms with Gasteiger partial charge in [0, 0.05) is 29.9 Å². The quantitative estimate of drug-likeness (QED) is 0.715. The van der Waals surface area contributed by atoms with Crippen LogP contribution < -0.4 is 10.2 Å². The van der Waals surface area contributed by atoms with Crippen LogP contribution in [0.3, 0.4) is 0 Å². The summed E-state index contributed by atoms with van der Waals surface area (Å²) in [4.78, 5) is 26.8. The molecule has 0 aliphatic rings. The van der Waals surface area contributed by atoms with Gasteiger partial charge in [-0.1, -0.05) is 48.5 Å². The summed E-state index contributed by atoms with van der Waals surface area (Å²) in [6.07, 6.45) is 0. The van der Waals surface area contributed by atoms with E-state index in [1.165, 1.54) is 0 Å². The van der Waals surface area contributed by atoms with E-state index in [2.05, 4.69) is 5.32 Å². The first-order chi connectivity index (χ1) is 13.2. The molecule has 3 aromatic carbocycles. The maximum absolute atomic E-state index is 12.8. The fourth-order valence-electron chi connectivity index (χ4n) is 2.85. The van der Waals surface area contributed by atoms with Crippen LogP contribution in [0.5, 0.6) is 0 Å². The molecule has 0 bridgehead atoms. The van der Waals surface area contributed by atoms with Crippen molar-refractivity contribution < 1.29 is 9.59 Å². The lowest BCUT2D eigenvalue weighted by molar-refractivity contribution is 0.0947. The maximum atomic E-state index is 12.8. The van der Waals surface area contributed by atoms with Crippen molar-refractivity contribution in [3.8, 4) is 0 Å². The Labute approximate surface area is 159 Å². The summed E-state index contributed by atoms with van der Waals surface area (Å²) in [5.41, 5.74) is 2.99. The number of para-hydroxylation sites is 1. The summed E-state index contributed by atoms with van der Waals surface area (Å²) in [6, 6.07) is 26.1. The third kappa shape index (κ3) is 4.61. The van der Waals surface area contributed by atoms with Gasteiger partial charge in [-0.05, 0) is 48.9 Å². The van der Waals surface area contributed by atoms with Crippen molar-refractivity contribution in [3.63, 3.8) is 0 Å². The van der Waals surface area contributed by atoms with Crippen molar-refractivity contribution >= 4 is 17.5 Å². The third-order valence-electron chi connectivity index (χ3n) is 4.32. The van der Waals surface area contributed by atoms with Crippen molar-refractivity contribution in [2.45, 2.75) is 13.5 Å². The highest BCUT2D eigenvalue weighted by Crippen LogP contribution is 2.17. The number of anilines is 1. The molecule has 3 rings (SSSR count). The Morgan fingerprint density at radius 1 is 0.778 bits per heavy atom. The first kappa shape index (κ1) is 18.4. The minimum Gasteiger partial charge on any atom is -0.348 e. The molecular formula is C23H22N2O2. The van der Waals surface area contributed by atoms with Crippen LogP contribution >= 0.6 is 0 Å². The second-order valence-corrected chi connectivity index (χ2v) is 6.13. The van der Waals surface area contributed by atoms with E-state index in [-0.39, 0.29) is 11.8 Å². The van der Waals surface area contributed by atoms with E-state index >= 15 is 0 Å². The molecular weight excluding hydrogens is 336 g/mol. The molecule has 136 valence electrons. The second kappa shape index (κ2) is 8.81. The van der Waals surface area contributed by atoms with E-state index in [1.807, 2.05) is 67.6 Å². The lowest BCUT2D eigenvalue weighted by atomic mass is 10.1. The molecule has 4 heteroatoms. The van der Waals surface area contributed by atoms with E-state index in [9.17, 15) is 9.59 Å². The Balaban J connectivity index is 1.67. The summed E-state index contributed by atoms with van der Waals surface area (Å²) in [6.45, 7) is 2.98.